The summed E-state index contributed by atoms with van der Waals surface area (Å²) in [4.78, 5) is 0. The highest BCUT2D eigenvalue weighted by Gasteiger charge is 2.33. The van der Waals surface area contributed by atoms with Crippen LogP contribution in [0.2, 0.25) is 0 Å². The van der Waals surface area contributed by atoms with Gasteiger partial charge in [0.25, 0.3) is 0 Å². The maximum absolute atomic E-state index is 9.33. The predicted molar refractivity (Wildman–Crippen MR) is 35.2 cm³/mol. The molecule has 1 rings (SSSR count). The summed E-state index contributed by atoms with van der Waals surface area (Å²) in [5, 5.41) is 9.33. The van der Waals surface area contributed by atoms with Crippen molar-refractivity contribution >= 4 is 0 Å². The Morgan fingerprint density at radius 1 is 1.56 bits per heavy atom. The van der Waals surface area contributed by atoms with Crippen molar-refractivity contribution in [3.05, 3.63) is 0 Å². The topological polar surface area (TPSA) is 29.5 Å². The van der Waals surface area contributed by atoms with Gasteiger partial charge in [-0.15, -0.1) is 0 Å². The Bertz CT molecular complexity index is 88.9. The molecule has 1 aliphatic carbocycles. The standard InChI is InChI=1S/C7H14O2/c1-5(9-2)7(8)6-3-4-6/h5-8H,3-4H2,1-2H3/t5-,7-/m1/s1. The molecule has 2 heteroatoms. The molecule has 9 heavy (non-hydrogen) atoms. The SMILES string of the molecule is CO[C@H](C)[C@@H](O)C1CC1. The molecule has 0 spiro atoms. The molecule has 0 aromatic heterocycles. The largest absolute Gasteiger partial charge is 0.390 e. The molecule has 2 atom stereocenters. The smallest absolute Gasteiger partial charge is 0.0827 e. The molecule has 0 aromatic rings. The number of hydrogen-bond donors (Lipinski definition) is 1. The van der Waals surface area contributed by atoms with Gasteiger partial charge in [-0.2, -0.15) is 0 Å². The van der Waals surface area contributed by atoms with E-state index in [1.54, 1.807) is 7.11 Å². The first-order valence-electron chi connectivity index (χ1n) is 3.46. The Morgan fingerprint density at radius 3 is 2.44 bits per heavy atom. The van der Waals surface area contributed by atoms with E-state index in [-0.39, 0.29) is 12.2 Å². The second-order valence-corrected chi connectivity index (χ2v) is 2.77. The van der Waals surface area contributed by atoms with Crippen molar-refractivity contribution < 1.29 is 9.84 Å². The minimum absolute atomic E-state index is 0.0116. The molecule has 0 saturated heterocycles. The van der Waals surface area contributed by atoms with Crippen molar-refractivity contribution in [2.24, 2.45) is 5.92 Å². The molecular formula is C7H14O2. The lowest BCUT2D eigenvalue weighted by molar-refractivity contribution is -0.0114. The van der Waals surface area contributed by atoms with E-state index in [9.17, 15) is 5.11 Å². The van der Waals surface area contributed by atoms with Crippen molar-refractivity contribution in [3.63, 3.8) is 0 Å². The Kier molecular flexibility index (Phi) is 2.09. The van der Waals surface area contributed by atoms with Gasteiger partial charge in [-0.05, 0) is 25.7 Å². The van der Waals surface area contributed by atoms with Crippen LogP contribution in [0, 0.1) is 5.92 Å². The quantitative estimate of drug-likeness (QED) is 0.612. The summed E-state index contributed by atoms with van der Waals surface area (Å²) in [7, 11) is 1.64. The lowest BCUT2D eigenvalue weighted by atomic mass is 10.1. The van der Waals surface area contributed by atoms with Gasteiger partial charge in [-0.1, -0.05) is 0 Å². The first kappa shape index (κ1) is 7.03. The van der Waals surface area contributed by atoms with Gasteiger partial charge < -0.3 is 9.84 Å². The molecule has 0 amide bonds. The van der Waals surface area contributed by atoms with E-state index in [2.05, 4.69) is 0 Å². The summed E-state index contributed by atoms with van der Waals surface area (Å²) < 4.78 is 4.96. The maximum atomic E-state index is 9.33. The van der Waals surface area contributed by atoms with Gasteiger partial charge in [0.1, 0.15) is 0 Å². The molecule has 1 saturated carbocycles. The van der Waals surface area contributed by atoms with Crippen LogP contribution in [0.3, 0.4) is 0 Å². The molecule has 0 aromatic carbocycles. The lowest BCUT2D eigenvalue weighted by Gasteiger charge is -2.15. The molecule has 54 valence electrons. The van der Waals surface area contributed by atoms with Gasteiger partial charge in [-0.25, -0.2) is 0 Å². The maximum Gasteiger partial charge on any atom is 0.0827 e. The molecule has 1 fully saturated rings. The van der Waals surface area contributed by atoms with Crippen LogP contribution in [0.5, 0.6) is 0 Å². The van der Waals surface area contributed by atoms with Crippen molar-refractivity contribution in [1.29, 1.82) is 0 Å². The third-order valence-electron chi connectivity index (χ3n) is 1.96. The minimum Gasteiger partial charge on any atom is -0.390 e. The number of hydrogen-bond acceptors (Lipinski definition) is 2. The zero-order valence-electron chi connectivity index (χ0n) is 6.00. The normalized spacial score (nSPS) is 25.7. The van der Waals surface area contributed by atoms with Crippen molar-refractivity contribution in [1.82, 2.24) is 0 Å². The van der Waals surface area contributed by atoms with Crippen molar-refractivity contribution in [2.75, 3.05) is 7.11 Å². The molecule has 0 aliphatic heterocycles. The average molecular weight is 130 g/mol. The highest BCUT2D eigenvalue weighted by atomic mass is 16.5. The minimum atomic E-state index is -0.227. The summed E-state index contributed by atoms with van der Waals surface area (Å²) in [5.74, 6) is 0.528. The van der Waals surface area contributed by atoms with E-state index >= 15 is 0 Å². The van der Waals surface area contributed by atoms with Crippen LogP contribution in [0.15, 0.2) is 0 Å². The van der Waals surface area contributed by atoms with Crippen molar-refractivity contribution in [2.45, 2.75) is 32.0 Å². The lowest BCUT2D eigenvalue weighted by Crippen LogP contribution is -2.26. The first-order valence-corrected chi connectivity index (χ1v) is 3.46. The third-order valence-corrected chi connectivity index (χ3v) is 1.96. The summed E-state index contributed by atoms with van der Waals surface area (Å²) in [6, 6.07) is 0. The van der Waals surface area contributed by atoms with Crippen LogP contribution in [-0.4, -0.2) is 24.4 Å². The second kappa shape index (κ2) is 2.67. The molecular weight excluding hydrogens is 116 g/mol. The van der Waals surface area contributed by atoms with Crippen LogP contribution in [0.1, 0.15) is 19.8 Å². The average Bonchev–Trinajstić information content (AvgIpc) is 2.66. The number of ether oxygens (including phenoxy) is 1. The second-order valence-electron chi connectivity index (χ2n) is 2.77. The number of aliphatic hydroxyl groups excluding tert-OH is 1. The fourth-order valence-corrected chi connectivity index (χ4v) is 0.960. The summed E-state index contributed by atoms with van der Waals surface area (Å²) in [6.07, 6.45) is 2.14. The first-order chi connectivity index (χ1) is 4.25. The molecule has 1 N–H and O–H groups in total. The molecule has 0 radical (unpaired) electrons. The Morgan fingerprint density at radius 2 is 2.11 bits per heavy atom. The van der Waals surface area contributed by atoms with Gasteiger partial charge in [0, 0.05) is 7.11 Å². The van der Waals surface area contributed by atoms with Crippen molar-refractivity contribution in [3.8, 4) is 0 Å². The van der Waals surface area contributed by atoms with Gasteiger partial charge in [-0.3, -0.25) is 0 Å². The Labute approximate surface area is 55.8 Å². The third kappa shape index (κ3) is 1.66. The Hall–Kier alpha value is -0.0800. The monoisotopic (exact) mass is 130 g/mol. The predicted octanol–water partition coefficient (Wildman–Crippen LogP) is 0.792. The van der Waals surface area contributed by atoms with E-state index < -0.39 is 0 Å². The zero-order chi connectivity index (χ0) is 6.85. The fourth-order valence-electron chi connectivity index (χ4n) is 0.960. The van der Waals surface area contributed by atoms with Crippen LogP contribution in [0.4, 0.5) is 0 Å². The number of aliphatic hydroxyl groups is 1. The highest BCUT2D eigenvalue weighted by Crippen LogP contribution is 2.34. The van der Waals surface area contributed by atoms with E-state index in [1.165, 1.54) is 12.8 Å². The van der Waals surface area contributed by atoms with Crippen LogP contribution < -0.4 is 0 Å². The van der Waals surface area contributed by atoms with Crippen LogP contribution in [0.25, 0.3) is 0 Å². The highest BCUT2D eigenvalue weighted by molar-refractivity contribution is 4.84. The van der Waals surface area contributed by atoms with Crippen LogP contribution >= 0.6 is 0 Å². The summed E-state index contributed by atoms with van der Waals surface area (Å²) >= 11 is 0. The molecule has 2 nitrogen and oxygen atoms in total. The summed E-state index contributed by atoms with van der Waals surface area (Å²) in [6.45, 7) is 1.91. The van der Waals surface area contributed by atoms with E-state index in [0.717, 1.165) is 0 Å². The van der Waals surface area contributed by atoms with E-state index in [1.807, 2.05) is 6.92 Å². The van der Waals surface area contributed by atoms with E-state index in [0.29, 0.717) is 5.92 Å². The van der Waals surface area contributed by atoms with Gasteiger partial charge in [0.2, 0.25) is 0 Å². The van der Waals surface area contributed by atoms with E-state index in [4.69, 9.17) is 4.74 Å². The molecule has 0 bridgehead atoms. The number of methoxy groups -OCH3 is 1. The molecule has 0 heterocycles. The molecule has 0 unspecified atom stereocenters. The number of rotatable bonds is 3. The van der Waals surface area contributed by atoms with Gasteiger partial charge >= 0.3 is 0 Å². The molecule has 1 aliphatic rings. The van der Waals surface area contributed by atoms with Gasteiger partial charge in [0.15, 0.2) is 0 Å². The zero-order valence-corrected chi connectivity index (χ0v) is 6.00. The Balaban J connectivity index is 2.22. The summed E-state index contributed by atoms with van der Waals surface area (Å²) in [5.41, 5.74) is 0. The fraction of sp³-hybridized carbons (Fsp3) is 1.00. The van der Waals surface area contributed by atoms with Gasteiger partial charge in [0.05, 0.1) is 12.2 Å². The van der Waals surface area contributed by atoms with Crippen LogP contribution in [-0.2, 0) is 4.74 Å².